The van der Waals surface area contributed by atoms with Crippen LogP contribution in [0.15, 0.2) is 35.0 Å². The summed E-state index contributed by atoms with van der Waals surface area (Å²) in [7, 11) is 0. The van der Waals surface area contributed by atoms with Crippen LogP contribution in [0.25, 0.3) is 0 Å². The second kappa shape index (κ2) is 6.81. The zero-order valence-corrected chi connectivity index (χ0v) is 13.8. The molecule has 7 heteroatoms. The summed E-state index contributed by atoms with van der Waals surface area (Å²) in [6.07, 6.45) is -4.43. The number of halogens is 4. The molecule has 0 spiro atoms. The lowest BCUT2D eigenvalue weighted by molar-refractivity contribution is -0.138. The molecule has 2 nitrogen and oxygen atoms in total. The average Bonchev–Trinajstić information content (AvgIpc) is 3.03. The van der Waals surface area contributed by atoms with Crippen LogP contribution in [0.4, 0.5) is 13.2 Å². The van der Waals surface area contributed by atoms with Crippen molar-refractivity contribution >= 4 is 22.9 Å². The smallest absolute Gasteiger partial charge is 0.314 e. The topological polar surface area (TPSA) is 15.3 Å². The van der Waals surface area contributed by atoms with Gasteiger partial charge in [-0.25, -0.2) is 0 Å². The molecule has 1 fully saturated rings. The Kier molecular flexibility index (Phi) is 4.96. The van der Waals surface area contributed by atoms with Crippen LogP contribution < -0.4 is 5.32 Å². The molecule has 2 aromatic rings. The highest BCUT2D eigenvalue weighted by molar-refractivity contribution is 7.08. The van der Waals surface area contributed by atoms with E-state index in [1.807, 2.05) is 16.8 Å². The van der Waals surface area contributed by atoms with E-state index in [0.29, 0.717) is 13.1 Å². The quantitative estimate of drug-likeness (QED) is 0.872. The zero-order chi connectivity index (χ0) is 16.4. The molecule has 0 aliphatic carbocycles. The highest BCUT2D eigenvalue weighted by atomic mass is 35.5. The molecule has 0 bridgehead atoms. The van der Waals surface area contributed by atoms with Gasteiger partial charge in [0.25, 0.3) is 0 Å². The number of nitrogens with one attached hydrogen (secondary N) is 1. The van der Waals surface area contributed by atoms with Crippen molar-refractivity contribution in [3.8, 4) is 0 Å². The zero-order valence-electron chi connectivity index (χ0n) is 12.2. The van der Waals surface area contributed by atoms with Gasteiger partial charge in [0, 0.05) is 36.8 Å². The molecule has 1 aromatic heterocycles. The monoisotopic (exact) mass is 360 g/mol. The molecule has 1 N–H and O–H groups in total. The minimum Gasteiger partial charge on any atom is -0.314 e. The molecule has 23 heavy (non-hydrogen) atoms. The number of hydrogen-bond donors (Lipinski definition) is 1. The highest BCUT2D eigenvalue weighted by Gasteiger charge is 2.38. The predicted octanol–water partition coefficient (Wildman–Crippen LogP) is 4.41. The first-order chi connectivity index (χ1) is 11.0. The lowest BCUT2D eigenvalue weighted by atomic mass is 9.93. The van der Waals surface area contributed by atoms with Gasteiger partial charge in [0.15, 0.2) is 0 Å². The third kappa shape index (κ3) is 3.55. The number of piperazine rings is 1. The van der Waals surface area contributed by atoms with Crippen molar-refractivity contribution in [1.29, 1.82) is 0 Å². The van der Waals surface area contributed by atoms with Gasteiger partial charge in [-0.1, -0.05) is 17.7 Å². The Balaban J connectivity index is 2.14. The third-order valence-electron chi connectivity index (χ3n) is 4.01. The third-order valence-corrected chi connectivity index (χ3v) is 5.04. The first-order valence-electron chi connectivity index (χ1n) is 7.31. The number of benzene rings is 1. The van der Waals surface area contributed by atoms with Crippen molar-refractivity contribution in [3.05, 3.63) is 56.7 Å². The second-order valence-corrected chi connectivity index (χ2v) is 6.63. The van der Waals surface area contributed by atoms with Crippen molar-refractivity contribution in [3.63, 3.8) is 0 Å². The standard InChI is InChI=1S/C16H16ClF3N2S/c17-13-3-1-2-12(16(18,19)20)14(13)15(11-4-9-23-10-11)22-7-5-21-6-8-22/h1-4,9-10,15,21H,5-8H2/t15-/m0/s1. The van der Waals surface area contributed by atoms with Crippen molar-refractivity contribution < 1.29 is 13.2 Å². The van der Waals surface area contributed by atoms with Crippen molar-refractivity contribution in [1.82, 2.24) is 10.2 Å². The van der Waals surface area contributed by atoms with E-state index in [2.05, 4.69) is 10.2 Å². The average molecular weight is 361 g/mol. The lowest BCUT2D eigenvalue weighted by Crippen LogP contribution is -2.45. The molecule has 0 amide bonds. The van der Waals surface area contributed by atoms with Gasteiger partial charge in [0.2, 0.25) is 0 Å². The molecule has 1 atom stereocenters. The lowest BCUT2D eigenvalue weighted by Gasteiger charge is -2.36. The van der Waals surface area contributed by atoms with E-state index in [9.17, 15) is 13.2 Å². The summed E-state index contributed by atoms with van der Waals surface area (Å²) >= 11 is 7.71. The van der Waals surface area contributed by atoms with Crippen LogP contribution in [-0.4, -0.2) is 31.1 Å². The summed E-state index contributed by atoms with van der Waals surface area (Å²) in [5.41, 5.74) is 0.359. The van der Waals surface area contributed by atoms with Crippen LogP contribution in [-0.2, 0) is 6.18 Å². The molecule has 1 aromatic carbocycles. The number of thiophene rings is 1. The van der Waals surface area contributed by atoms with Crippen LogP contribution in [0, 0.1) is 0 Å². The fourth-order valence-corrected chi connectivity index (χ4v) is 3.95. The van der Waals surface area contributed by atoms with Gasteiger partial charge in [-0.2, -0.15) is 24.5 Å². The second-order valence-electron chi connectivity index (χ2n) is 5.44. The summed E-state index contributed by atoms with van der Waals surface area (Å²) in [5.74, 6) is 0. The Morgan fingerprint density at radius 3 is 2.52 bits per heavy atom. The van der Waals surface area contributed by atoms with E-state index in [1.54, 1.807) is 0 Å². The van der Waals surface area contributed by atoms with Crippen LogP contribution >= 0.6 is 22.9 Å². The van der Waals surface area contributed by atoms with Crippen molar-refractivity contribution in [2.75, 3.05) is 26.2 Å². The van der Waals surface area contributed by atoms with Crippen LogP contribution in [0.2, 0.25) is 5.02 Å². The first-order valence-corrected chi connectivity index (χ1v) is 8.63. The van der Waals surface area contributed by atoms with E-state index in [1.165, 1.54) is 23.5 Å². The first kappa shape index (κ1) is 16.8. The summed E-state index contributed by atoms with van der Waals surface area (Å²) in [5, 5.41) is 7.18. The highest BCUT2D eigenvalue weighted by Crippen LogP contribution is 2.42. The molecule has 3 rings (SSSR count). The van der Waals surface area contributed by atoms with Gasteiger partial charge in [0.05, 0.1) is 11.6 Å². The van der Waals surface area contributed by atoms with E-state index < -0.39 is 17.8 Å². The summed E-state index contributed by atoms with van der Waals surface area (Å²) < 4.78 is 40.5. The molecule has 2 heterocycles. The molecule has 124 valence electrons. The largest absolute Gasteiger partial charge is 0.416 e. The minimum atomic E-state index is -4.43. The SMILES string of the molecule is FC(F)(F)c1cccc(Cl)c1[C@H](c1ccsc1)N1CCNCC1. The normalized spacial score (nSPS) is 18.1. The number of nitrogens with zero attached hydrogens (tertiary/aromatic N) is 1. The Labute approximate surface area is 141 Å². The van der Waals surface area contributed by atoms with E-state index >= 15 is 0 Å². The fourth-order valence-electron chi connectivity index (χ4n) is 2.99. The molecular weight excluding hydrogens is 345 g/mol. The Hall–Kier alpha value is -1.08. The van der Waals surface area contributed by atoms with Crippen LogP contribution in [0.1, 0.15) is 22.7 Å². The summed E-state index contributed by atoms with van der Waals surface area (Å²) in [4.78, 5) is 2.06. The van der Waals surface area contributed by atoms with Gasteiger partial charge >= 0.3 is 6.18 Å². The van der Waals surface area contributed by atoms with Crippen molar-refractivity contribution in [2.45, 2.75) is 12.2 Å². The van der Waals surface area contributed by atoms with Gasteiger partial charge in [-0.3, -0.25) is 4.90 Å². The number of hydrogen-bond acceptors (Lipinski definition) is 3. The van der Waals surface area contributed by atoms with E-state index in [0.717, 1.165) is 24.7 Å². The molecule has 0 saturated carbocycles. The summed E-state index contributed by atoms with van der Waals surface area (Å²) in [6, 6.07) is 5.41. The van der Waals surface area contributed by atoms with E-state index in [-0.39, 0.29) is 10.6 Å². The number of rotatable bonds is 3. The molecule has 1 aliphatic heterocycles. The van der Waals surface area contributed by atoms with Crippen LogP contribution in [0.5, 0.6) is 0 Å². The Morgan fingerprint density at radius 1 is 1.17 bits per heavy atom. The maximum Gasteiger partial charge on any atom is 0.416 e. The Bertz CT molecular complexity index is 652. The van der Waals surface area contributed by atoms with Gasteiger partial charge in [-0.05, 0) is 34.5 Å². The van der Waals surface area contributed by atoms with Gasteiger partial charge < -0.3 is 5.32 Å². The van der Waals surface area contributed by atoms with Gasteiger partial charge in [0.1, 0.15) is 0 Å². The fraction of sp³-hybridized carbons (Fsp3) is 0.375. The Morgan fingerprint density at radius 2 is 1.91 bits per heavy atom. The molecule has 0 unspecified atom stereocenters. The summed E-state index contributed by atoms with van der Waals surface area (Å²) in [6.45, 7) is 2.88. The minimum absolute atomic E-state index is 0.155. The molecular formula is C16H16ClF3N2S. The van der Waals surface area contributed by atoms with Crippen molar-refractivity contribution in [2.24, 2.45) is 0 Å². The maximum atomic E-state index is 13.5. The molecule has 1 aliphatic rings. The predicted molar refractivity (Wildman–Crippen MR) is 87.1 cm³/mol. The van der Waals surface area contributed by atoms with Gasteiger partial charge in [-0.15, -0.1) is 0 Å². The van der Waals surface area contributed by atoms with Crippen LogP contribution in [0.3, 0.4) is 0 Å². The molecule has 0 radical (unpaired) electrons. The van der Waals surface area contributed by atoms with E-state index in [4.69, 9.17) is 11.6 Å². The maximum absolute atomic E-state index is 13.5. The molecule has 1 saturated heterocycles. The number of alkyl halides is 3.